The molecule has 3 nitrogen and oxygen atoms in total. The molecule has 16 heavy (non-hydrogen) atoms. The summed E-state index contributed by atoms with van der Waals surface area (Å²) in [6.07, 6.45) is 0.0345. The minimum atomic E-state index is -0.940. The van der Waals surface area contributed by atoms with Gasteiger partial charge in [-0.1, -0.05) is 12.1 Å². The van der Waals surface area contributed by atoms with Gasteiger partial charge in [-0.05, 0) is 18.1 Å². The molecule has 0 amide bonds. The first kappa shape index (κ1) is 12.6. The molecule has 0 saturated heterocycles. The third kappa shape index (κ3) is 2.76. The second-order valence-electron chi connectivity index (χ2n) is 3.37. The molecule has 5 heteroatoms. The third-order valence-electron chi connectivity index (χ3n) is 2.32. The van der Waals surface area contributed by atoms with Crippen molar-refractivity contribution < 1.29 is 18.3 Å². The first-order valence-electron chi connectivity index (χ1n) is 4.81. The molecule has 0 aliphatic carbocycles. The maximum absolute atomic E-state index is 13.3. The Morgan fingerprint density at radius 3 is 2.75 bits per heavy atom. The molecular weight excluding hydrogens is 216 g/mol. The van der Waals surface area contributed by atoms with Crippen LogP contribution in [0.3, 0.4) is 0 Å². The van der Waals surface area contributed by atoms with Gasteiger partial charge in [0.25, 0.3) is 0 Å². The van der Waals surface area contributed by atoms with Gasteiger partial charge in [0.15, 0.2) is 11.6 Å². The maximum Gasteiger partial charge on any atom is 0.310 e. The molecule has 1 unspecified atom stereocenters. The molecule has 0 bridgehead atoms. The fourth-order valence-corrected chi connectivity index (χ4v) is 1.40. The van der Waals surface area contributed by atoms with E-state index in [-0.39, 0.29) is 18.5 Å². The standard InChI is InChI=1S/C11H13F2NO2/c1-16-11(15)8(6-14)5-7-3-2-4-9(12)10(7)13/h2-4,8H,5-6,14H2,1H3. The monoisotopic (exact) mass is 229 g/mol. The number of ether oxygens (including phenoxy) is 1. The number of hydrogen-bond acceptors (Lipinski definition) is 3. The lowest BCUT2D eigenvalue weighted by molar-refractivity contribution is -0.145. The van der Waals surface area contributed by atoms with Crippen molar-refractivity contribution in [2.45, 2.75) is 6.42 Å². The number of rotatable bonds is 4. The number of nitrogens with two attached hydrogens (primary N) is 1. The highest BCUT2D eigenvalue weighted by Gasteiger charge is 2.20. The SMILES string of the molecule is COC(=O)C(CN)Cc1cccc(F)c1F. The molecule has 1 aromatic rings. The maximum atomic E-state index is 13.3. The summed E-state index contributed by atoms with van der Waals surface area (Å²) in [6.45, 7) is 0.0304. The molecule has 0 saturated carbocycles. The number of carbonyl (C=O) groups excluding carboxylic acids is 1. The Morgan fingerprint density at radius 1 is 1.50 bits per heavy atom. The van der Waals surface area contributed by atoms with Crippen molar-refractivity contribution in [2.75, 3.05) is 13.7 Å². The van der Waals surface area contributed by atoms with Gasteiger partial charge in [-0.15, -0.1) is 0 Å². The van der Waals surface area contributed by atoms with Crippen molar-refractivity contribution in [3.8, 4) is 0 Å². The van der Waals surface area contributed by atoms with Crippen molar-refractivity contribution in [3.63, 3.8) is 0 Å². The molecule has 1 rings (SSSR count). The predicted octanol–water partition coefficient (Wildman–Crippen LogP) is 1.26. The molecule has 88 valence electrons. The zero-order chi connectivity index (χ0) is 12.1. The van der Waals surface area contributed by atoms with Crippen LogP contribution in [0.4, 0.5) is 8.78 Å². The lowest BCUT2D eigenvalue weighted by atomic mass is 9.99. The highest BCUT2D eigenvalue weighted by atomic mass is 19.2. The quantitative estimate of drug-likeness (QED) is 0.791. The van der Waals surface area contributed by atoms with Crippen LogP contribution in [0, 0.1) is 17.6 Å². The number of methoxy groups -OCH3 is 1. The van der Waals surface area contributed by atoms with E-state index in [1.165, 1.54) is 19.2 Å². The first-order chi connectivity index (χ1) is 7.60. The number of esters is 1. The smallest absolute Gasteiger partial charge is 0.310 e. The summed E-state index contributed by atoms with van der Waals surface area (Å²) >= 11 is 0. The normalized spacial score (nSPS) is 12.2. The van der Waals surface area contributed by atoms with Crippen LogP contribution < -0.4 is 5.73 Å². The molecule has 0 heterocycles. The summed E-state index contributed by atoms with van der Waals surface area (Å²) in [7, 11) is 1.23. The minimum Gasteiger partial charge on any atom is -0.469 e. The summed E-state index contributed by atoms with van der Waals surface area (Å²) in [4.78, 5) is 11.2. The van der Waals surface area contributed by atoms with Crippen LogP contribution in [-0.2, 0) is 16.0 Å². The molecule has 0 aliphatic rings. The van der Waals surface area contributed by atoms with Crippen LogP contribution >= 0.6 is 0 Å². The molecule has 0 fully saturated rings. The van der Waals surface area contributed by atoms with Crippen molar-refractivity contribution >= 4 is 5.97 Å². The van der Waals surface area contributed by atoms with E-state index in [1.807, 2.05) is 0 Å². The van der Waals surface area contributed by atoms with E-state index in [1.54, 1.807) is 0 Å². The fourth-order valence-electron chi connectivity index (χ4n) is 1.40. The van der Waals surface area contributed by atoms with Gasteiger partial charge in [-0.3, -0.25) is 4.79 Å². The van der Waals surface area contributed by atoms with Crippen molar-refractivity contribution in [1.29, 1.82) is 0 Å². The van der Waals surface area contributed by atoms with Gasteiger partial charge in [0.05, 0.1) is 13.0 Å². The van der Waals surface area contributed by atoms with Gasteiger partial charge in [-0.2, -0.15) is 0 Å². The van der Waals surface area contributed by atoms with Gasteiger partial charge in [0.2, 0.25) is 0 Å². The molecule has 2 N–H and O–H groups in total. The summed E-state index contributed by atoms with van der Waals surface area (Å²) in [5, 5.41) is 0. The van der Waals surface area contributed by atoms with E-state index in [4.69, 9.17) is 5.73 Å². The molecule has 0 radical (unpaired) electrons. The zero-order valence-electron chi connectivity index (χ0n) is 8.87. The zero-order valence-corrected chi connectivity index (χ0v) is 8.87. The average molecular weight is 229 g/mol. The van der Waals surface area contributed by atoms with Crippen molar-refractivity contribution in [1.82, 2.24) is 0 Å². The largest absolute Gasteiger partial charge is 0.469 e. The molecule has 1 aromatic carbocycles. The Labute approximate surface area is 92.2 Å². The Morgan fingerprint density at radius 2 is 2.19 bits per heavy atom. The van der Waals surface area contributed by atoms with Crippen LogP contribution in [0.15, 0.2) is 18.2 Å². The number of halogens is 2. The lowest BCUT2D eigenvalue weighted by Crippen LogP contribution is -2.27. The van der Waals surface area contributed by atoms with Gasteiger partial charge >= 0.3 is 5.97 Å². The Balaban J connectivity index is 2.86. The Bertz CT molecular complexity index is 382. The lowest BCUT2D eigenvalue weighted by Gasteiger charge is -2.12. The van der Waals surface area contributed by atoms with Gasteiger partial charge < -0.3 is 10.5 Å². The highest BCUT2D eigenvalue weighted by molar-refractivity contribution is 5.72. The van der Waals surface area contributed by atoms with Crippen LogP contribution in [0.1, 0.15) is 5.56 Å². The van der Waals surface area contributed by atoms with E-state index in [9.17, 15) is 13.6 Å². The molecule has 1 atom stereocenters. The van der Waals surface area contributed by atoms with Crippen LogP contribution in [0.25, 0.3) is 0 Å². The van der Waals surface area contributed by atoms with E-state index in [2.05, 4.69) is 4.74 Å². The van der Waals surface area contributed by atoms with E-state index >= 15 is 0 Å². The molecule has 0 aromatic heterocycles. The summed E-state index contributed by atoms with van der Waals surface area (Å²) < 4.78 is 30.7. The number of carbonyl (C=O) groups is 1. The average Bonchev–Trinajstić information content (AvgIpc) is 2.30. The van der Waals surface area contributed by atoms with E-state index in [0.717, 1.165) is 6.07 Å². The minimum absolute atomic E-state index is 0.0304. The topological polar surface area (TPSA) is 52.3 Å². The van der Waals surface area contributed by atoms with Crippen molar-refractivity contribution in [3.05, 3.63) is 35.4 Å². The molecule has 0 spiro atoms. The van der Waals surface area contributed by atoms with Gasteiger partial charge in [0, 0.05) is 6.54 Å². The summed E-state index contributed by atoms with van der Waals surface area (Å²) in [5.74, 6) is -3.05. The van der Waals surface area contributed by atoms with Crippen LogP contribution in [-0.4, -0.2) is 19.6 Å². The second kappa shape index (κ2) is 5.55. The number of benzene rings is 1. The fraction of sp³-hybridized carbons (Fsp3) is 0.364. The van der Waals surface area contributed by atoms with Gasteiger partial charge in [-0.25, -0.2) is 8.78 Å². The van der Waals surface area contributed by atoms with Crippen LogP contribution in [0.2, 0.25) is 0 Å². The third-order valence-corrected chi connectivity index (χ3v) is 2.32. The van der Waals surface area contributed by atoms with Gasteiger partial charge in [0.1, 0.15) is 0 Å². The van der Waals surface area contributed by atoms with E-state index in [0.29, 0.717) is 0 Å². The first-order valence-corrected chi connectivity index (χ1v) is 4.81. The van der Waals surface area contributed by atoms with E-state index < -0.39 is 23.5 Å². The molecular formula is C11H13F2NO2. The molecule has 0 aliphatic heterocycles. The van der Waals surface area contributed by atoms with Crippen molar-refractivity contribution in [2.24, 2.45) is 11.7 Å². The number of hydrogen-bond donors (Lipinski definition) is 1. The summed E-state index contributed by atoms with van der Waals surface area (Å²) in [5.41, 5.74) is 5.49. The highest BCUT2D eigenvalue weighted by Crippen LogP contribution is 2.16. The van der Waals surface area contributed by atoms with Crippen LogP contribution in [0.5, 0.6) is 0 Å². The Hall–Kier alpha value is -1.49. The summed E-state index contributed by atoms with van der Waals surface area (Å²) in [6, 6.07) is 3.83. The second-order valence-corrected chi connectivity index (χ2v) is 3.37. The predicted molar refractivity (Wildman–Crippen MR) is 54.6 cm³/mol. The Kier molecular flexibility index (Phi) is 4.37.